The first-order chi connectivity index (χ1) is 12.4. The monoisotopic (exact) mass is 424 g/mol. The summed E-state index contributed by atoms with van der Waals surface area (Å²) in [4.78, 5) is 13.9. The number of aromatic nitrogens is 1. The Hall–Kier alpha value is -2.20. The van der Waals surface area contributed by atoms with Gasteiger partial charge >= 0.3 is 12.1 Å². The van der Waals surface area contributed by atoms with Crippen LogP contribution in [0.5, 0.6) is 0 Å². The molecule has 3 N–H and O–H groups in total. The van der Waals surface area contributed by atoms with Crippen LogP contribution in [0.15, 0.2) is 23.1 Å². The summed E-state index contributed by atoms with van der Waals surface area (Å²) in [5, 5.41) is 8.75. The first-order valence-electron chi connectivity index (χ1n) is 7.78. The lowest BCUT2D eigenvalue weighted by atomic mass is 10.2. The van der Waals surface area contributed by atoms with Gasteiger partial charge in [0.05, 0.1) is 16.3 Å². The van der Waals surface area contributed by atoms with Crippen molar-refractivity contribution in [1.29, 1.82) is 0 Å². The third-order valence-electron chi connectivity index (χ3n) is 3.82. The maximum atomic E-state index is 12.8. The molecule has 0 unspecified atom stereocenters. The van der Waals surface area contributed by atoms with E-state index in [0.717, 1.165) is 12.1 Å². The van der Waals surface area contributed by atoms with E-state index in [1.54, 1.807) is 13.8 Å². The van der Waals surface area contributed by atoms with Crippen molar-refractivity contribution in [2.45, 2.75) is 37.8 Å². The van der Waals surface area contributed by atoms with Crippen LogP contribution in [-0.2, 0) is 29.0 Å². The second kappa shape index (κ2) is 7.43. The Morgan fingerprint density at radius 1 is 1.22 bits per heavy atom. The van der Waals surface area contributed by atoms with Gasteiger partial charge in [-0.2, -0.15) is 13.2 Å². The van der Waals surface area contributed by atoms with E-state index < -0.39 is 37.7 Å². The SMILES string of the molecule is CCc1[nH]c(CC)c(S(=O)(=O)Nc2ccc(C(F)(F)F)c(Cl)c2)c1C(=O)O. The first-order valence-corrected chi connectivity index (χ1v) is 9.65. The molecule has 0 spiro atoms. The maximum Gasteiger partial charge on any atom is 0.417 e. The van der Waals surface area contributed by atoms with Gasteiger partial charge < -0.3 is 10.1 Å². The van der Waals surface area contributed by atoms with Crippen LogP contribution in [0.3, 0.4) is 0 Å². The average Bonchev–Trinajstić information content (AvgIpc) is 2.93. The number of nitrogens with one attached hydrogen (secondary N) is 2. The molecule has 0 saturated carbocycles. The Morgan fingerprint density at radius 2 is 1.81 bits per heavy atom. The van der Waals surface area contributed by atoms with Crippen LogP contribution in [-0.4, -0.2) is 24.5 Å². The summed E-state index contributed by atoms with van der Waals surface area (Å²) >= 11 is 5.60. The smallest absolute Gasteiger partial charge is 0.417 e. The Balaban J connectivity index is 2.54. The highest BCUT2D eigenvalue weighted by Gasteiger charge is 2.34. The molecule has 0 fully saturated rings. The molecule has 2 aromatic rings. The second-order valence-electron chi connectivity index (χ2n) is 5.60. The highest BCUT2D eigenvalue weighted by atomic mass is 35.5. The Bertz CT molecular complexity index is 984. The Labute approximate surface area is 158 Å². The molecule has 1 aromatic heterocycles. The van der Waals surface area contributed by atoms with Crippen molar-refractivity contribution in [2.24, 2.45) is 0 Å². The van der Waals surface area contributed by atoms with E-state index in [0.29, 0.717) is 6.07 Å². The molecule has 0 saturated heterocycles. The molecule has 148 valence electrons. The summed E-state index contributed by atoms with van der Waals surface area (Å²) in [6.07, 6.45) is -4.21. The van der Waals surface area contributed by atoms with Gasteiger partial charge in [0.15, 0.2) is 0 Å². The highest BCUT2D eigenvalue weighted by Crippen LogP contribution is 2.36. The molecule has 0 aliphatic carbocycles. The Kier molecular flexibility index (Phi) is 5.81. The predicted octanol–water partition coefficient (Wildman–Crippen LogP) is 4.31. The van der Waals surface area contributed by atoms with E-state index in [9.17, 15) is 31.5 Å². The summed E-state index contributed by atoms with van der Waals surface area (Å²) in [5.41, 5.74) is -1.28. The number of carbonyl (C=O) groups is 1. The lowest BCUT2D eigenvalue weighted by Crippen LogP contribution is -2.18. The molecular weight excluding hydrogens is 409 g/mol. The van der Waals surface area contributed by atoms with Gasteiger partial charge in [0.1, 0.15) is 10.5 Å². The fourth-order valence-corrected chi connectivity index (χ4v) is 4.47. The third kappa shape index (κ3) is 4.22. The van der Waals surface area contributed by atoms with E-state index in [-0.39, 0.29) is 35.5 Å². The lowest BCUT2D eigenvalue weighted by Gasteiger charge is -2.13. The molecule has 0 amide bonds. The van der Waals surface area contributed by atoms with E-state index in [1.165, 1.54) is 0 Å². The van der Waals surface area contributed by atoms with Crippen molar-refractivity contribution in [3.63, 3.8) is 0 Å². The van der Waals surface area contributed by atoms with Gasteiger partial charge in [0, 0.05) is 11.4 Å². The van der Waals surface area contributed by atoms with Crippen molar-refractivity contribution in [1.82, 2.24) is 4.98 Å². The minimum atomic E-state index is -4.68. The number of benzene rings is 1. The quantitative estimate of drug-likeness (QED) is 0.643. The molecule has 1 aromatic carbocycles. The zero-order valence-corrected chi connectivity index (χ0v) is 15.8. The summed E-state index contributed by atoms with van der Waals surface area (Å²) in [6.45, 7) is 3.31. The largest absolute Gasteiger partial charge is 0.478 e. The van der Waals surface area contributed by atoms with Crippen LogP contribution < -0.4 is 4.72 Å². The van der Waals surface area contributed by atoms with E-state index in [4.69, 9.17) is 11.6 Å². The topological polar surface area (TPSA) is 99.3 Å². The van der Waals surface area contributed by atoms with Gasteiger partial charge in [-0.3, -0.25) is 4.72 Å². The van der Waals surface area contributed by atoms with Crippen LogP contribution in [0, 0.1) is 0 Å². The molecule has 0 bridgehead atoms. The van der Waals surface area contributed by atoms with Crippen LogP contribution in [0.2, 0.25) is 5.02 Å². The third-order valence-corrected chi connectivity index (χ3v) is 5.63. The number of aromatic carboxylic acids is 1. The number of aryl methyl sites for hydroxylation is 2. The van der Waals surface area contributed by atoms with Gasteiger partial charge in [0.2, 0.25) is 0 Å². The summed E-state index contributed by atoms with van der Waals surface area (Å²) in [7, 11) is -4.39. The number of sulfonamides is 1. The number of rotatable bonds is 6. The number of carboxylic acid groups (broad SMARTS) is 1. The number of anilines is 1. The molecule has 11 heteroatoms. The second-order valence-corrected chi connectivity index (χ2v) is 7.62. The number of H-pyrrole nitrogens is 1. The first kappa shape index (κ1) is 21.1. The van der Waals surface area contributed by atoms with Crippen molar-refractivity contribution in [3.8, 4) is 0 Å². The van der Waals surface area contributed by atoms with Crippen LogP contribution in [0.25, 0.3) is 0 Å². The highest BCUT2D eigenvalue weighted by molar-refractivity contribution is 7.92. The standard InChI is InChI=1S/C16H16ClF3N2O4S/c1-3-11-13(15(23)24)14(12(4-2)21-11)27(25,26)22-8-5-6-9(10(17)7-8)16(18,19)20/h5-7,21-22H,3-4H2,1-2H3,(H,23,24). The zero-order valence-electron chi connectivity index (χ0n) is 14.2. The van der Waals surface area contributed by atoms with Crippen LogP contribution >= 0.6 is 11.6 Å². The number of hydrogen-bond donors (Lipinski definition) is 3. The van der Waals surface area contributed by atoms with Gasteiger partial charge in [-0.05, 0) is 31.0 Å². The zero-order chi connectivity index (χ0) is 20.6. The van der Waals surface area contributed by atoms with Crippen LogP contribution in [0.4, 0.5) is 18.9 Å². The number of halogens is 4. The number of hydrogen-bond acceptors (Lipinski definition) is 3. The Morgan fingerprint density at radius 3 is 2.26 bits per heavy atom. The van der Waals surface area contributed by atoms with Crippen molar-refractivity contribution in [2.75, 3.05) is 4.72 Å². The number of alkyl halides is 3. The summed E-state index contributed by atoms with van der Waals surface area (Å²) in [6, 6.07) is 2.38. The molecule has 27 heavy (non-hydrogen) atoms. The fraction of sp³-hybridized carbons (Fsp3) is 0.312. The van der Waals surface area contributed by atoms with Crippen molar-refractivity contribution < 1.29 is 31.5 Å². The number of aromatic amines is 1. The maximum absolute atomic E-state index is 12.8. The fourth-order valence-electron chi connectivity index (χ4n) is 2.64. The minimum absolute atomic E-state index is 0.190. The van der Waals surface area contributed by atoms with E-state index in [2.05, 4.69) is 9.71 Å². The van der Waals surface area contributed by atoms with Crippen molar-refractivity contribution >= 4 is 33.3 Å². The molecule has 2 rings (SSSR count). The predicted molar refractivity (Wildman–Crippen MR) is 93.8 cm³/mol. The average molecular weight is 425 g/mol. The minimum Gasteiger partial charge on any atom is -0.478 e. The molecular formula is C16H16ClF3N2O4S. The molecule has 6 nitrogen and oxygen atoms in total. The van der Waals surface area contributed by atoms with Gasteiger partial charge in [-0.25, -0.2) is 13.2 Å². The normalized spacial score (nSPS) is 12.2. The molecule has 0 aliphatic heterocycles. The van der Waals surface area contributed by atoms with E-state index >= 15 is 0 Å². The number of carboxylic acids is 1. The molecule has 0 atom stereocenters. The summed E-state index contributed by atoms with van der Waals surface area (Å²) < 4.78 is 66.0. The van der Waals surface area contributed by atoms with Gasteiger partial charge in [0.25, 0.3) is 10.0 Å². The lowest BCUT2D eigenvalue weighted by molar-refractivity contribution is -0.137. The van der Waals surface area contributed by atoms with Crippen molar-refractivity contribution in [3.05, 3.63) is 45.7 Å². The van der Waals surface area contributed by atoms with Gasteiger partial charge in [-0.15, -0.1) is 0 Å². The molecule has 1 heterocycles. The van der Waals surface area contributed by atoms with Crippen LogP contribution in [0.1, 0.15) is 41.2 Å². The molecule has 0 radical (unpaired) electrons. The molecule has 0 aliphatic rings. The summed E-state index contributed by atoms with van der Waals surface area (Å²) in [5.74, 6) is -1.42. The van der Waals surface area contributed by atoms with E-state index in [1.807, 2.05) is 0 Å². The van der Waals surface area contributed by atoms with Gasteiger partial charge in [-0.1, -0.05) is 25.4 Å².